The summed E-state index contributed by atoms with van der Waals surface area (Å²) in [6.45, 7) is 17.6. The summed E-state index contributed by atoms with van der Waals surface area (Å²) >= 11 is 6.11. The molecule has 0 N–H and O–H groups in total. The van der Waals surface area contributed by atoms with Crippen LogP contribution in [0.1, 0.15) is 45.2 Å². The van der Waals surface area contributed by atoms with Gasteiger partial charge in [-0.3, -0.25) is 4.90 Å². The molecule has 0 spiro atoms. The smallest absolute Gasteiger partial charge is 0.0406 e. The molecule has 0 saturated carbocycles. The topological polar surface area (TPSA) is 6.48 Å². The first-order valence-electron chi connectivity index (χ1n) is 10.9. The van der Waals surface area contributed by atoms with Crippen LogP contribution in [0.25, 0.3) is 5.70 Å². The molecule has 0 aromatic heterocycles. The summed E-state index contributed by atoms with van der Waals surface area (Å²) in [6, 6.07) is 19.3. The minimum absolute atomic E-state index is 0.0754. The fourth-order valence-electron chi connectivity index (χ4n) is 4.36. The number of benzene rings is 2. The van der Waals surface area contributed by atoms with E-state index < -0.39 is 0 Å². The lowest BCUT2D eigenvalue weighted by Gasteiger charge is -2.42. The van der Waals surface area contributed by atoms with Crippen LogP contribution in [0.2, 0.25) is 5.02 Å². The van der Waals surface area contributed by atoms with Crippen LogP contribution in [0.4, 0.5) is 0 Å². The van der Waals surface area contributed by atoms with Gasteiger partial charge in [0, 0.05) is 42.9 Å². The molecule has 0 amide bonds. The fourth-order valence-corrected chi connectivity index (χ4v) is 4.48. The quantitative estimate of drug-likeness (QED) is 0.462. The van der Waals surface area contributed by atoms with E-state index in [-0.39, 0.29) is 5.41 Å². The molecule has 0 aliphatic carbocycles. The molecule has 2 aromatic rings. The Balaban J connectivity index is 1.69. The maximum atomic E-state index is 6.11. The molecule has 1 fully saturated rings. The molecule has 1 saturated heterocycles. The van der Waals surface area contributed by atoms with Gasteiger partial charge in [0.1, 0.15) is 0 Å². The van der Waals surface area contributed by atoms with Crippen molar-refractivity contribution in [1.29, 1.82) is 0 Å². The van der Waals surface area contributed by atoms with E-state index in [9.17, 15) is 0 Å². The molecule has 2 aromatic carbocycles. The minimum Gasteiger partial charge on any atom is -0.369 e. The highest BCUT2D eigenvalue weighted by atomic mass is 35.5. The molecule has 3 rings (SSSR count). The third kappa shape index (κ3) is 5.77. The molecule has 30 heavy (non-hydrogen) atoms. The number of piperazine rings is 1. The Morgan fingerprint density at radius 3 is 2.17 bits per heavy atom. The maximum Gasteiger partial charge on any atom is 0.0406 e. The van der Waals surface area contributed by atoms with Crippen molar-refractivity contribution in [2.75, 3.05) is 26.2 Å². The van der Waals surface area contributed by atoms with E-state index in [1.807, 2.05) is 12.1 Å². The Morgan fingerprint density at radius 1 is 1.00 bits per heavy atom. The molecule has 1 heterocycles. The van der Waals surface area contributed by atoms with E-state index in [1.165, 1.54) is 16.7 Å². The van der Waals surface area contributed by atoms with E-state index in [4.69, 9.17) is 11.6 Å². The van der Waals surface area contributed by atoms with E-state index in [0.717, 1.165) is 43.3 Å². The van der Waals surface area contributed by atoms with E-state index >= 15 is 0 Å². The average Bonchev–Trinajstić information content (AvgIpc) is 2.73. The minimum atomic E-state index is 0.0754. The SMILES string of the molecule is C=C(c1ccccc1)N1CCN(C(C=C(C)C)CC(C)(C)c2ccc(Cl)cc2)CC1. The lowest BCUT2D eigenvalue weighted by atomic mass is 9.78. The Morgan fingerprint density at radius 2 is 1.60 bits per heavy atom. The van der Waals surface area contributed by atoms with E-state index in [1.54, 1.807) is 0 Å². The largest absolute Gasteiger partial charge is 0.369 e. The van der Waals surface area contributed by atoms with Crippen molar-refractivity contribution < 1.29 is 0 Å². The first-order valence-corrected chi connectivity index (χ1v) is 11.3. The second kappa shape index (κ2) is 9.85. The van der Waals surface area contributed by atoms with Gasteiger partial charge in [-0.1, -0.05) is 86.1 Å². The summed E-state index contributed by atoms with van der Waals surface area (Å²) < 4.78 is 0. The van der Waals surface area contributed by atoms with Gasteiger partial charge in [0.25, 0.3) is 0 Å². The van der Waals surface area contributed by atoms with Crippen molar-refractivity contribution in [3.05, 3.63) is 89.0 Å². The maximum absolute atomic E-state index is 6.11. The number of hydrogen-bond donors (Lipinski definition) is 0. The van der Waals surface area contributed by atoms with Gasteiger partial charge in [-0.15, -0.1) is 0 Å². The molecule has 1 aliphatic heterocycles. The Kier molecular flexibility index (Phi) is 7.44. The number of halogens is 1. The Hall–Kier alpha value is -2.03. The average molecular weight is 423 g/mol. The molecule has 1 atom stereocenters. The van der Waals surface area contributed by atoms with Crippen LogP contribution in [0.15, 0.2) is 72.8 Å². The van der Waals surface area contributed by atoms with E-state index in [0.29, 0.717) is 6.04 Å². The number of nitrogens with zero attached hydrogens (tertiary/aromatic N) is 2. The second-order valence-electron chi connectivity index (χ2n) is 9.24. The lowest BCUT2D eigenvalue weighted by molar-refractivity contribution is 0.131. The second-order valence-corrected chi connectivity index (χ2v) is 9.68. The molecule has 0 bridgehead atoms. The molecule has 2 nitrogen and oxygen atoms in total. The van der Waals surface area contributed by atoms with Gasteiger partial charge in [-0.05, 0) is 48.9 Å². The van der Waals surface area contributed by atoms with Crippen LogP contribution >= 0.6 is 11.6 Å². The number of allylic oxidation sites excluding steroid dienone is 1. The fraction of sp³-hybridized carbons (Fsp3) is 0.407. The zero-order valence-electron chi connectivity index (χ0n) is 18.9. The molecular formula is C27H35ClN2. The van der Waals surface area contributed by atoms with E-state index in [2.05, 4.69) is 92.6 Å². The summed E-state index contributed by atoms with van der Waals surface area (Å²) in [6.07, 6.45) is 3.53. The van der Waals surface area contributed by atoms with Gasteiger partial charge in [0.15, 0.2) is 0 Å². The summed E-state index contributed by atoms with van der Waals surface area (Å²) in [5.74, 6) is 0. The molecule has 1 unspecified atom stereocenters. The summed E-state index contributed by atoms with van der Waals surface area (Å²) in [5, 5.41) is 0.796. The first kappa shape index (κ1) is 22.7. The van der Waals surface area contributed by atoms with Crippen LogP contribution < -0.4 is 0 Å². The van der Waals surface area contributed by atoms with Gasteiger partial charge in [-0.2, -0.15) is 0 Å². The Bertz CT molecular complexity index is 855. The third-order valence-corrected chi connectivity index (χ3v) is 6.39. The highest BCUT2D eigenvalue weighted by Gasteiger charge is 2.30. The van der Waals surface area contributed by atoms with Crippen LogP contribution in [-0.2, 0) is 5.41 Å². The van der Waals surface area contributed by atoms with Crippen molar-refractivity contribution in [3.63, 3.8) is 0 Å². The predicted molar refractivity (Wildman–Crippen MR) is 131 cm³/mol. The zero-order valence-corrected chi connectivity index (χ0v) is 19.6. The molecule has 3 heteroatoms. The summed E-state index contributed by atoms with van der Waals surface area (Å²) in [4.78, 5) is 5.06. The van der Waals surface area contributed by atoms with Crippen molar-refractivity contribution in [1.82, 2.24) is 9.80 Å². The molecule has 1 aliphatic rings. The third-order valence-electron chi connectivity index (χ3n) is 6.14. The number of rotatable bonds is 7. The zero-order chi connectivity index (χ0) is 21.7. The van der Waals surface area contributed by atoms with Crippen LogP contribution in [0, 0.1) is 0 Å². The highest BCUT2D eigenvalue weighted by molar-refractivity contribution is 6.30. The van der Waals surface area contributed by atoms with Crippen LogP contribution in [-0.4, -0.2) is 42.0 Å². The normalized spacial score (nSPS) is 16.2. The monoisotopic (exact) mass is 422 g/mol. The van der Waals surface area contributed by atoms with Gasteiger partial charge in [0.2, 0.25) is 0 Å². The molecule has 160 valence electrons. The van der Waals surface area contributed by atoms with Gasteiger partial charge in [-0.25, -0.2) is 0 Å². The van der Waals surface area contributed by atoms with Gasteiger partial charge < -0.3 is 4.90 Å². The predicted octanol–water partition coefficient (Wildman–Crippen LogP) is 6.63. The van der Waals surface area contributed by atoms with Crippen LogP contribution in [0.3, 0.4) is 0 Å². The van der Waals surface area contributed by atoms with Crippen molar-refractivity contribution in [2.24, 2.45) is 0 Å². The van der Waals surface area contributed by atoms with Crippen molar-refractivity contribution in [2.45, 2.75) is 45.6 Å². The standard InChI is InChI=1S/C27H35ClN2/c1-21(2)19-26(20-27(4,5)24-11-13-25(28)14-12-24)30-17-15-29(16-18-30)22(3)23-9-7-6-8-10-23/h6-14,19,26H,3,15-18,20H2,1-2,4-5H3. The first-order chi connectivity index (χ1) is 14.3. The highest BCUT2D eigenvalue weighted by Crippen LogP contribution is 2.32. The van der Waals surface area contributed by atoms with Gasteiger partial charge in [0.05, 0.1) is 0 Å². The van der Waals surface area contributed by atoms with Crippen molar-refractivity contribution >= 4 is 17.3 Å². The van der Waals surface area contributed by atoms with Crippen molar-refractivity contribution in [3.8, 4) is 0 Å². The van der Waals surface area contributed by atoms with Crippen LogP contribution in [0.5, 0.6) is 0 Å². The summed E-state index contributed by atoms with van der Waals surface area (Å²) in [5.41, 5.74) is 5.15. The Labute approximate surface area is 187 Å². The molecular weight excluding hydrogens is 388 g/mol. The lowest BCUT2D eigenvalue weighted by Crippen LogP contribution is -2.50. The van der Waals surface area contributed by atoms with Gasteiger partial charge >= 0.3 is 0 Å². The molecule has 0 radical (unpaired) electrons. The number of hydrogen-bond acceptors (Lipinski definition) is 2. The summed E-state index contributed by atoms with van der Waals surface area (Å²) in [7, 11) is 0.